The van der Waals surface area contributed by atoms with Crippen LogP contribution in [-0.2, 0) is 9.53 Å². The Morgan fingerprint density at radius 2 is 1.84 bits per heavy atom. The summed E-state index contributed by atoms with van der Waals surface area (Å²) in [6, 6.07) is 3.27. The van der Waals surface area contributed by atoms with Crippen LogP contribution in [0.2, 0.25) is 0 Å². The fraction of sp³-hybridized carbons (Fsp3) is 0.529. The minimum Gasteiger partial charge on any atom is -0.453 e. The molecule has 1 aromatic rings. The Morgan fingerprint density at radius 3 is 2.40 bits per heavy atom. The van der Waals surface area contributed by atoms with Crippen LogP contribution in [0.25, 0.3) is 0 Å². The van der Waals surface area contributed by atoms with Crippen LogP contribution in [0.4, 0.5) is 13.6 Å². The first kappa shape index (κ1) is 19.1. The maximum Gasteiger partial charge on any atom is 0.409 e. The molecular weight excluding hydrogens is 332 g/mol. The Balaban J connectivity index is 1.90. The van der Waals surface area contributed by atoms with Crippen LogP contribution >= 0.6 is 0 Å². The summed E-state index contributed by atoms with van der Waals surface area (Å²) in [6.07, 6.45) is -0.366. The number of nitrogens with zero attached hydrogens (tertiary/aromatic N) is 3. The van der Waals surface area contributed by atoms with Gasteiger partial charge in [0.2, 0.25) is 5.91 Å². The van der Waals surface area contributed by atoms with Gasteiger partial charge in [-0.1, -0.05) is 6.07 Å². The van der Waals surface area contributed by atoms with Gasteiger partial charge in [0.05, 0.1) is 19.7 Å². The molecule has 1 aliphatic rings. The number of likely N-dealkylation sites (N-methyl/N-ethyl adjacent to an activating group) is 1. The Labute approximate surface area is 145 Å². The van der Waals surface area contributed by atoms with Gasteiger partial charge in [0.25, 0.3) is 0 Å². The Hall–Kier alpha value is -2.22. The van der Waals surface area contributed by atoms with Gasteiger partial charge in [0, 0.05) is 33.2 Å². The molecule has 2 amide bonds. The van der Waals surface area contributed by atoms with Crippen LogP contribution in [0.15, 0.2) is 18.2 Å². The van der Waals surface area contributed by atoms with Gasteiger partial charge in [-0.25, -0.2) is 13.6 Å². The van der Waals surface area contributed by atoms with Crippen LogP contribution in [0.3, 0.4) is 0 Å². The summed E-state index contributed by atoms with van der Waals surface area (Å²) >= 11 is 0. The lowest BCUT2D eigenvalue weighted by Gasteiger charge is -2.35. The Morgan fingerprint density at radius 1 is 1.20 bits per heavy atom. The van der Waals surface area contributed by atoms with Gasteiger partial charge >= 0.3 is 6.09 Å². The average molecular weight is 355 g/mol. The normalized spacial score (nSPS) is 16.4. The van der Waals surface area contributed by atoms with E-state index in [0.717, 1.165) is 12.1 Å². The molecule has 6 nitrogen and oxygen atoms in total. The minimum absolute atomic E-state index is 0.122. The van der Waals surface area contributed by atoms with E-state index in [2.05, 4.69) is 4.74 Å². The molecule has 1 saturated heterocycles. The molecule has 1 unspecified atom stereocenters. The number of hydrogen-bond acceptors (Lipinski definition) is 4. The molecule has 138 valence electrons. The fourth-order valence-corrected chi connectivity index (χ4v) is 2.73. The second kappa shape index (κ2) is 8.24. The second-order valence-corrected chi connectivity index (χ2v) is 6.09. The van der Waals surface area contributed by atoms with E-state index in [0.29, 0.717) is 31.7 Å². The number of piperazine rings is 1. The maximum absolute atomic E-state index is 13.4. The lowest BCUT2D eigenvalue weighted by molar-refractivity contribution is -0.133. The van der Waals surface area contributed by atoms with E-state index in [-0.39, 0.29) is 24.6 Å². The van der Waals surface area contributed by atoms with Crippen LogP contribution in [0.5, 0.6) is 0 Å². The molecule has 0 N–H and O–H groups in total. The van der Waals surface area contributed by atoms with Gasteiger partial charge < -0.3 is 14.5 Å². The van der Waals surface area contributed by atoms with Gasteiger partial charge in [-0.2, -0.15) is 0 Å². The van der Waals surface area contributed by atoms with Crippen molar-refractivity contribution in [1.29, 1.82) is 0 Å². The molecule has 0 radical (unpaired) electrons. The van der Waals surface area contributed by atoms with E-state index in [1.165, 1.54) is 18.1 Å². The van der Waals surface area contributed by atoms with Crippen molar-refractivity contribution in [2.24, 2.45) is 0 Å². The highest BCUT2D eigenvalue weighted by Gasteiger charge is 2.25. The molecule has 8 heteroatoms. The average Bonchev–Trinajstić information content (AvgIpc) is 2.62. The maximum atomic E-state index is 13.4. The van der Waals surface area contributed by atoms with Crippen molar-refractivity contribution in [3.8, 4) is 0 Å². The zero-order chi connectivity index (χ0) is 18.6. The molecule has 1 aliphatic heterocycles. The third-order valence-corrected chi connectivity index (χ3v) is 4.56. The van der Waals surface area contributed by atoms with Gasteiger partial charge in [0.15, 0.2) is 11.6 Å². The van der Waals surface area contributed by atoms with Gasteiger partial charge in [0.1, 0.15) is 0 Å². The van der Waals surface area contributed by atoms with Gasteiger partial charge in [-0.3, -0.25) is 9.69 Å². The van der Waals surface area contributed by atoms with Crippen molar-refractivity contribution in [3.63, 3.8) is 0 Å². The van der Waals surface area contributed by atoms with Crippen molar-refractivity contribution in [2.75, 3.05) is 46.9 Å². The number of rotatable bonds is 4. The molecule has 0 aliphatic carbocycles. The van der Waals surface area contributed by atoms with Crippen molar-refractivity contribution >= 4 is 12.0 Å². The fourth-order valence-electron chi connectivity index (χ4n) is 2.73. The number of ether oxygens (including phenoxy) is 1. The van der Waals surface area contributed by atoms with Crippen molar-refractivity contribution in [1.82, 2.24) is 14.7 Å². The first-order valence-electron chi connectivity index (χ1n) is 8.09. The number of benzene rings is 1. The molecule has 1 fully saturated rings. The van der Waals surface area contributed by atoms with E-state index in [4.69, 9.17) is 0 Å². The summed E-state index contributed by atoms with van der Waals surface area (Å²) in [5.41, 5.74) is 0.533. The zero-order valence-corrected chi connectivity index (χ0v) is 14.7. The number of carbonyl (C=O) groups excluding carboxylic acids is 2. The summed E-state index contributed by atoms with van der Waals surface area (Å²) in [5.74, 6) is -1.96. The summed E-state index contributed by atoms with van der Waals surface area (Å²) in [7, 11) is 2.98. The number of carbonyl (C=O) groups is 2. The molecular formula is C17H23F2N3O3. The molecule has 0 spiro atoms. The third kappa shape index (κ3) is 4.66. The van der Waals surface area contributed by atoms with Crippen LogP contribution in [0.1, 0.15) is 18.5 Å². The summed E-state index contributed by atoms with van der Waals surface area (Å²) in [5, 5.41) is 0. The topological polar surface area (TPSA) is 53.1 Å². The molecule has 1 heterocycles. The van der Waals surface area contributed by atoms with E-state index in [1.54, 1.807) is 18.9 Å². The monoisotopic (exact) mass is 355 g/mol. The number of amides is 2. The third-order valence-electron chi connectivity index (χ3n) is 4.56. The SMILES string of the molecule is COC(=O)N1CCN(CC(=O)N(C)C(C)c2ccc(F)c(F)c2)CC1. The predicted molar refractivity (Wildman–Crippen MR) is 88.0 cm³/mol. The summed E-state index contributed by atoms with van der Waals surface area (Å²) < 4.78 is 31.1. The number of methoxy groups -OCH3 is 1. The molecule has 0 bridgehead atoms. The molecule has 25 heavy (non-hydrogen) atoms. The smallest absolute Gasteiger partial charge is 0.409 e. The minimum atomic E-state index is -0.927. The molecule has 2 rings (SSSR count). The number of hydrogen-bond donors (Lipinski definition) is 0. The summed E-state index contributed by atoms with van der Waals surface area (Å²) in [6.45, 7) is 4.13. The second-order valence-electron chi connectivity index (χ2n) is 6.09. The van der Waals surface area contributed by atoms with Crippen LogP contribution < -0.4 is 0 Å². The molecule has 0 saturated carbocycles. The largest absolute Gasteiger partial charge is 0.453 e. The van der Waals surface area contributed by atoms with E-state index >= 15 is 0 Å². The molecule has 1 atom stereocenters. The van der Waals surface area contributed by atoms with Crippen molar-refractivity contribution in [2.45, 2.75) is 13.0 Å². The van der Waals surface area contributed by atoms with Gasteiger partial charge in [-0.05, 0) is 24.6 Å². The zero-order valence-electron chi connectivity index (χ0n) is 14.7. The predicted octanol–water partition coefficient (Wildman–Crippen LogP) is 1.87. The lowest BCUT2D eigenvalue weighted by Crippen LogP contribution is -2.51. The van der Waals surface area contributed by atoms with E-state index in [1.807, 2.05) is 4.90 Å². The van der Waals surface area contributed by atoms with E-state index in [9.17, 15) is 18.4 Å². The Bertz CT molecular complexity index is 634. The van der Waals surface area contributed by atoms with Crippen molar-refractivity contribution in [3.05, 3.63) is 35.4 Å². The molecule has 1 aromatic carbocycles. The van der Waals surface area contributed by atoms with E-state index < -0.39 is 11.6 Å². The first-order chi connectivity index (χ1) is 11.8. The lowest BCUT2D eigenvalue weighted by atomic mass is 10.1. The first-order valence-corrected chi connectivity index (χ1v) is 8.09. The van der Waals surface area contributed by atoms with Gasteiger partial charge in [-0.15, -0.1) is 0 Å². The molecule has 0 aromatic heterocycles. The standard InChI is InChI=1S/C17H23F2N3O3/c1-12(13-4-5-14(18)15(19)10-13)20(2)16(23)11-21-6-8-22(9-7-21)17(24)25-3/h4-5,10,12H,6-9,11H2,1-3H3. The highest BCUT2D eigenvalue weighted by Crippen LogP contribution is 2.21. The van der Waals surface area contributed by atoms with Crippen LogP contribution in [0, 0.1) is 11.6 Å². The van der Waals surface area contributed by atoms with Crippen LogP contribution in [-0.4, -0.2) is 73.6 Å². The quantitative estimate of drug-likeness (QED) is 0.827. The van der Waals surface area contributed by atoms with Crippen molar-refractivity contribution < 1.29 is 23.1 Å². The number of halogens is 2. The highest BCUT2D eigenvalue weighted by molar-refractivity contribution is 5.78. The Kier molecular flexibility index (Phi) is 6.30. The summed E-state index contributed by atoms with van der Waals surface area (Å²) in [4.78, 5) is 29.0. The highest BCUT2D eigenvalue weighted by atomic mass is 19.2.